The summed E-state index contributed by atoms with van der Waals surface area (Å²) in [4.78, 5) is 26.1. The van der Waals surface area contributed by atoms with Crippen molar-refractivity contribution in [3.8, 4) is 0 Å². The Balaban J connectivity index is 1.53. The van der Waals surface area contributed by atoms with Crippen molar-refractivity contribution in [2.75, 3.05) is 10.6 Å². The lowest BCUT2D eigenvalue weighted by Crippen LogP contribution is -2.19. The van der Waals surface area contributed by atoms with Gasteiger partial charge in [-0.05, 0) is 60.9 Å². The van der Waals surface area contributed by atoms with Gasteiger partial charge in [0.2, 0.25) is 11.8 Å². The molecule has 1 atom stereocenters. The summed E-state index contributed by atoms with van der Waals surface area (Å²) in [5.41, 5.74) is 2.35. The highest BCUT2D eigenvalue weighted by atomic mass is 35.5. The van der Waals surface area contributed by atoms with Crippen LogP contribution in [0.5, 0.6) is 0 Å². The molecule has 2 N–H and O–H groups in total. The largest absolute Gasteiger partial charge is 0.326 e. The lowest BCUT2D eigenvalue weighted by Gasteiger charge is -2.18. The zero-order valence-corrected chi connectivity index (χ0v) is 17.7. The van der Waals surface area contributed by atoms with Crippen LogP contribution < -0.4 is 10.6 Å². The molecule has 4 nitrogen and oxygen atoms in total. The van der Waals surface area contributed by atoms with E-state index in [2.05, 4.69) is 10.6 Å². The van der Waals surface area contributed by atoms with E-state index in [0.717, 1.165) is 29.0 Å². The molecule has 0 radical (unpaired) electrons. The van der Waals surface area contributed by atoms with Gasteiger partial charge in [0.25, 0.3) is 0 Å². The van der Waals surface area contributed by atoms with Crippen molar-refractivity contribution in [1.82, 2.24) is 0 Å². The topological polar surface area (TPSA) is 58.2 Å². The van der Waals surface area contributed by atoms with E-state index in [1.54, 1.807) is 24.3 Å². The Kier molecular flexibility index (Phi) is 6.41. The Morgan fingerprint density at radius 2 is 1.60 bits per heavy atom. The fourth-order valence-corrected chi connectivity index (χ4v) is 4.22. The average Bonchev–Trinajstić information content (AvgIpc) is 3.60. The van der Waals surface area contributed by atoms with E-state index >= 15 is 0 Å². The van der Waals surface area contributed by atoms with Crippen molar-refractivity contribution >= 4 is 46.6 Å². The molecule has 1 fully saturated rings. The summed E-state index contributed by atoms with van der Waals surface area (Å²) in [5, 5.41) is 6.11. The van der Waals surface area contributed by atoms with Gasteiger partial charge in [0.1, 0.15) is 5.25 Å². The van der Waals surface area contributed by atoms with Gasteiger partial charge < -0.3 is 10.6 Å². The first-order valence-electron chi connectivity index (χ1n) is 9.77. The number of benzene rings is 3. The van der Waals surface area contributed by atoms with Gasteiger partial charge in [-0.3, -0.25) is 9.59 Å². The molecule has 0 aliphatic heterocycles. The third-order valence-corrected chi connectivity index (χ3v) is 6.26. The van der Waals surface area contributed by atoms with Crippen LogP contribution in [0.15, 0.2) is 83.8 Å². The summed E-state index contributed by atoms with van der Waals surface area (Å²) in [7, 11) is 0. The van der Waals surface area contributed by atoms with Crippen molar-refractivity contribution in [2.24, 2.45) is 5.92 Å². The second-order valence-electron chi connectivity index (χ2n) is 7.20. The summed E-state index contributed by atoms with van der Waals surface area (Å²) >= 11 is 7.39. The quantitative estimate of drug-likeness (QED) is 0.436. The Hall–Kier alpha value is -2.76. The third kappa shape index (κ3) is 5.43. The summed E-state index contributed by atoms with van der Waals surface area (Å²) in [6.45, 7) is 0. The number of rotatable bonds is 7. The van der Waals surface area contributed by atoms with Crippen LogP contribution in [-0.2, 0) is 9.59 Å². The lowest BCUT2D eigenvalue weighted by molar-refractivity contribution is -0.117. The van der Waals surface area contributed by atoms with Crippen LogP contribution >= 0.6 is 23.4 Å². The first-order valence-corrected chi connectivity index (χ1v) is 11.0. The Morgan fingerprint density at radius 1 is 0.867 bits per heavy atom. The molecule has 152 valence electrons. The molecular weight excluding hydrogens is 416 g/mol. The number of carbonyl (C=O) groups excluding carboxylic acids is 2. The minimum Gasteiger partial charge on any atom is -0.326 e. The number of anilines is 2. The maximum atomic E-state index is 13.1. The highest BCUT2D eigenvalue weighted by molar-refractivity contribution is 8.00. The van der Waals surface area contributed by atoms with Crippen LogP contribution in [0.1, 0.15) is 23.7 Å². The monoisotopic (exact) mass is 436 g/mol. The number of amides is 2. The van der Waals surface area contributed by atoms with Crippen LogP contribution in [0, 0.1) is 5.92 Å². The summed E-state index contributed by atoms with van der Waals surface area (Å²) in [6.07, 6.45) is 1.92. The summed E-state index contributed by atoms with van der Waals surface area (Å²) in [6, 6.07) is 24.3. The van der Waals surface area contributed by atoms with Crippen molar-refractivity contribution < 1.29 is 9.59 Å². The summed E-state index contributed by atoms with van der Waals surface area (Å²) in [5.74, 6) is 0.0849. The number of hydrogen-bond acceptors (Lipinski definition) is 3. The van der Waals surface area contributed by atoms with Gasteiger partial charge in [-0.15, -0.1) is 11.8 Å². The molecule has 0 heterocycles. The SMILES string of the molecule is O=C(Nc1cccc(SC(C(=O)Nc2ccc(Cl)cc2)c2ccccc2)c1)C1CC1. The maximum absolute atomic E-state index is 13.1. The minimum absolute atomic E-state index is 0.0669. The van der Waals surface area contributed by atoms with Crippen molar-refractivity contribution in [3.05, 3.63) is 89.4 Å². The summed E-state index contributed by atoms with van der Waals surface area (Å²) < 4.78 is 0. The smallest absolute Gasteiger partial charge is 0.242 e. The molecule has 30 heavy (non-hydrogen) atoms. The molecule has 1 unspecified atom stereocenters. The molecular formula is C24H21ClN2O2S. The molecule has 0 saturated heterocycles. The lowest BCUT2D eigenvalue weighted by atomic mass is 10.1. The van der Waals surface area contributed by atoms with E-state index in [-0.39, 0.29) is 17.7 Å². The minimum atomic E-state index is -0.448. The van der Waals surface area contributed by atoms with E-state index in [0.29, 0.717) is 10.7 Å². The van der Waals surface area contributed by atoms with Crippen molar-refractivity contribution in [2.45, 2.75) is 23.0 Å². The predicted molar refractivity (Wildman–Crippen MR) is 123 cm³/mol. The fraction of sp³-hybridized carbons (Fsp3) is 0.167. The first kappa shape index (κ1) is 20.5. The van der Waals surface area contributed by atoms with Gasteiger partial charge in [-0.2, -0.15) is 0 Å². The molecule has 4 rings (SSSR count). The highest BCUT2D eigenvalue weighted by Gasteiger charge is 2.29. The molecule has 0 spiro atoms. The van der Waals surface area contributed by atoms with Gasteiger partial charge in [-0.1, -0.05) is 48.0 Å². The predicted octanol–water partition coefficient (Wildman–Crippen LogP) is 6.16. The second kappa shape index (κ2) is 9.37. The van der Waals surface area contributed by atoms with Gasteiger partial charge in [-0.25, -0.2) is 0 Å². The molecule has 6 heteroatoms. The van der Waals surface area contributed by atoms with Gasteiger partial charge in [0.15, 0.2) is 0 Å². The van der Waals surface area contributed by atoms with Crippen LogP contribution in [-0.4, -0.2) is 11.8 Å². The standard InChI is InChI=1S/C24H21ClN2O2S/c25-18-11-13-19(14-12-18)26-24(29)22(16-5-2-1-3-6-16)30-21-8-4-7-20(15-21)27-23(28)17-9-10-17/h1-8,11-15,17,22H,9-10H2,(H,26,29)(H,27,28). The molecule has 3 aromatic rings. The van der Waals surface area contributed by atoms with Crippen molar-refractivity contribution in [3.63, 3.8) is 0 Å². The van der Waals surface area contributed by atoms with Crippen molar-refractivity contribution in [1.29, 1.82) is 0 Å². The van der Waals surface area contributed by atoms with Gasteiger partial charge >= 0.3 is 0 Å². The number of hydrogen-bond donors (Lipinski definition) is 2. The maximum Gasteiger partial charge on any atom is 0.242 e. The zero-order valence-electron chi connectivity index (χ0n) is 16.2. The number of thioether (sulfide) groups is 1. The molecule has 1 aliphatic carbocycles. The number of halogens is 1. The van der Waals surface area contributed by atoms with E-state index in [9.17, 15) is 9.59 Å². The Labute approximate surface area is 185 Å². The highest BCUT2D eigenvalue weighted by Crippen LogP contribution is 2.37. The Bertz CT molecular complexity index is 1040. The van der Waals surface area contributed by atoms with E-state index in [4.69, 9.17) is 11.6 Å². The molecule has 3 aromatic carbocycles. The third-order valence-electron chi connectivity index (χ3n) is 4.76. The molecule has 0 bridgehead atoms. The molecule has 0 aromatic heterocycles. The molecule has 1 aliphatic rings. The van der Waals surface area contributed by atoms with Gasteiger partial charge in [0.05, 0.1) is 0 Å². The van der Waals surface area contributed by atoms with E-state index < -0.39 is 5.25 Å². The van der Waals surface area contributed by atoms with Crippen LogP contribution in [0.3, 0.4) is 0 Å². The van der Waals surface area contributed by atoms with E-state index in [1.807, 2.05) is 54.6 Å². The van der Waals surface area contributed by atoms with E-state index in [1.165, 1.54) is 11.8 Å². The van der Waals surface area contributed by atoms with Gasteiger partial charge in [0, 0.05) is 27.2 Å². The van der Waals surface area contributed by atoms with Crippen LogP contribution in [0.4, 0.5) is 11.4 Å². The molecule has 2 amide bonds. The molecule has 1 saturated carbocycles. The average molecular weight is 437 g/mol. The first-order chi connectivity index (χ1) is 14.6. The number of carbonyl (C=O) groups is 2. The second-order valence-corrected chi connectivity index (χ2v) is 8.81. The fourth-order valence-electron chi connectivity index (χ4n) is 3.01. The number of nitrogens with one attached hydrogen (secondary N) is 2. The van der Waals surface area contributed by atoms with Crippen LogP contribution in [0.2, 0.25) is 5.02 Å². The zero-order chi connectivity index (χ0) is 20.9. The van der Waals surface area contributed by atoms with Crippen LogP contribution in [0.25, 0.3) is 0 Å². The Morgan fingerprint density at radius 3 is 2.30 bits per heavy atom. The normalized spacial score (nSPS) is 14.0.